The molecule has 27 heavy (non-hydrogen) atoms. The van der Waals surface area contributed by atoms with Crippen molar-refractivity contribution < 1.29 is 9.26 Å². The van der Waals surface area contributed by atoms with Gasteiger partial charge in [-0.25, -0.2) is 0 Å². The van der Waals surface area contributed by atoms with Crippen LogP contribution in [0.1, 0.15) is 51.9 Å². The maximum absolute atomic E-state index is 5.49. The largest absolute Gasteiger partial charge is 0.371 e. The number of aromatic nitrogens is 2. The number of nitrogens with one attached hydrogen (secondary N) is 1. The third kappa shape index (κ3) is 7.19. The number of guanidine groups is 1. The molecule has 9 heteroatoms. The highest BCUT2D eigenvalue weighted by atomic mass is 127. The summed E-state index contributed by atoms with van der Waals surface area (Å²) in [6.45, 7) is 14.9. The summed E-state index contributed by atoms with van der Waals surface area (Å²) < 4.78 is 10.8. The molecule has 2 atom stereocenters. The minimum absolute atomic E-state index is 0. The molecule has 2 rings (SSSR count). The van der Waals surface area contributed by atoms with E-state index in [4.69, 9.17) is 9.26 Å². The van der Waals surface area contributed by atoms with Gasteiger partial charge in [0.15, 0.2) is 11.8 Å². The number of halogens is 1. The van der Waals surface area contributed by atoms with Gasteiger partial charge < -0.3 is 24.4 Å². The summed E-state index contributed by atoms with van der Waals surface area (Å²) in [4.78, 5) is 13.6. The van der Waals surface area contributed by atoms with Crippen molar-refractivity contribution in [3.8, 4) is 0 Å². The maximum Gasteiger partial charge on any atom is 0.246 e. The fraction of sp³-hybridized carbons (Fsp3) is 0.833. The van der Waals surface area contributed by atoms with Crippen molar-refractivity contribution in [3.63, 3.8) is 0 Å². The first-order valence-corrected chi connectivity index (χ1v) is 9.73. The normalized spacial score (nSPS) is 18.7. The van der Waals surface area contributed by atoms with Crippen molar-refractivity contribution in [2.45, 2.75) is 46.8 Å². The second-order valence-corrected chi connectivity index (χ2v) is 6.63. The molecular formula is C18H35IN6O2. The third-order valence-corrected chi connectivity index (χ3v) is 4.87. The van der Waals surface area contributed by atoms with Gasteiger partial charge in [0, 0.05) is 33.3 Å². The van der Waals surface area contributed by atoms with Crippen molar-refractivity contribution in [2.75, 3.05) is 46.4 Å². The molecule has 1 aromatic rings. The van der Waals surface area contributed by atoms with E-state index >= 15 is 0 Å². The van der Waals surface area contributed by atoms with Crippen LogP contribution in [0.4, 0.5) is 0 Å². The number of likely N-dealkylation sites (tertiary alicyclic amines) is 1. The van der Waals surface area contributed by atoms with E-state index in [1.54, 1.807) is 0 Å². The minimum atomic E-state index is -0.156. The summed E-state index contributed by atoms with van der Waals surface area (Å²) in [5.41, 5.74) is 0. The number of aliphatic imine (C=N–C) groups is 1. The van der Waals surface area contributed by atoms with Crippen molar-refractivity contribution in [2.24, 2.45) is 10.9 Å². The van der Waals surface area contributed by atoms with Crippen molar-refractivity contribution in [1.29, 1.82) is 0 Å². The fourth-order valence-corrected chi connectivity index (χ4v) is 3.34. The number of ether oxygens (including phenoxy) is 1. The van der Waals surface area contributed by atoms with Crippen LogP contribution < -0.4 is 5.32 Å². The predicted octanol–water partition coefficient (Wildman–Crippen LogP) is 2.52. The molecule has 0 aliphatic carbocycles. The molecule has 1 aromatic heterocycles. The number of nitrogens with zero attached hydrogens (tertiary/aromatic N) is 5. The summed E-state index contributed by atoms with van der Waals surface area (Å²) in [5.74, 6) is 2.71. The summed E-state index contributed by atoms with van der Waals surface area (Å²) >= 11 is 0. The quantitative estimate of drug-likeness (QED) is 0.321. The average molecular weight is 494 g/mol. The van der Waals surface area contributed by atoms with Crippen LogP contribution >= 0.6 is 24.0 Å². The first-order valence-electron chi connectivity index (χ1n) is 9.73. The van der Waals surface area contributed by atoms with Gasteiger partial charge in [-0.1, -0.05) is 19.0 Å². The first-order chi connectivity index (χ1) is 12.6. The van der Waals surface area contributed by atoms with Crippen molar-refractivity contribution >= 4 is 29.9 Å². The highest BCUT2D eigenvalue weighted by molar-refractivity contribution is 14.0. The van der Waals surface area contributed by atoms with E-state index in [0.29, 0.717) is 30.8 Å². The monoisotopic (exact) mass is 494 g/mol. The molecule has 2 unspecified atom stereocenters. The van der Waals surface area contributed by atoms with Gasteiger partial charge in [0.1, 0.15) is 6.10 Å². The summed E-state index contributed by atoms with van der Waals surface area (Å²) in [7, 11) is 1.82. The Morgan fingerprint density at radius 3 is 2.78 bits per heavy atom. The molecular weight excluding hydrogens is 459 g/mol. The summed E-state index contributed by atoms with van der Waals surface area (Å²) in [6, 6.07) is 0. The molecule has 2 heterocycles. The van der Waals surface area contributed by atoms with E-state index < -0.39 is 0 Å². The molecule has 1 aliphatic rings. The lowest BCUT2D eigenvalue weighted by Crippen LogP contribution is -2.40. The van der Waals surface area contributed by atoms with Crippen LogP contribution in [0.25, 0.3) is 0 Å². The Labute approximate surface area is 180 Å². The van der Waals surface area contributed by atoms with Crippen molar-refractivity contribution in [1.82, 2.24) is 25.3 Å². The van der Waals surface area contributed by atoms with Gasteiger partial charge >= 0.3 is 0 Å². The number of hydrogen-bond acceptors (Lipinski definition) is 6. The van der Waals surface area contributed by atoms with Gasteiger partial charge in [-0.2, -0.15) is 4.98 Å². The highest BCUT2D eigenvalue weighted by Crippen LogP contribution is 2.18. The summed E-state index contributed by atoms with van der Waals surface area (Å²) in [6.07, 6.45) is 1.05. The molecule has 1 fully saturated rings. The molecule has 0 aromatic carbocycles. The second-order valence-electron chi connectivity index (χ2n) is 6.63. The molecule has 1 saturated heterocycles. The van der Waals surface area contributed by atoms with Gasteiger partial charge in [0.2, 0.25) is 5.89 Å². The summed E-state index contributed by atoms with van der Waals surface area (Å²) in [5, 5.41) is 7.33. The Morgan fingerprint density at radius 2 is 2.15 bits per heavy atom. The number of rotatable bonds is 9. The van der Waals surface area contributed by atoms with Crippen LogP contribution in [0.5, 0.6) is 0 Å². The molecule has 0 bridgehead atoms. The fourth-order valence-electron chi connectivity index (χ4n) is 3.34. The zero-order valence-electron chi connectivity index (χ0n) is 17.3. The molecule has 0 radical (unpaired) electrons. The predicted molar refractivity (Wildman–Crippen MR) is 117 cm³/mol. The van der Waals surface area contributed by atoms with E-state index in [1.165, 1.54) is 6.42 Å². The van der Waals surface area contributed by atoms with E-state index in [1.807, 2.05) is 20.9 Å². The van der Waals surface area contributed by atoms with Crippen LogP contribution in [0.3, 0.4) is 0 Å². The molecule has 1 aliphatic heterocycles. The van der Waals surface area contributed by atoms with Gasteiger partial charge in [-0.3, -0.25) is 4.99 Å². The van der Waals surface area contributed by atoms with E-state index in [9.17, 15) is 0 Å². The van der Waals surface area contributed by atoms with Crippen LogP contribution in [0, 0.1) is 5.92 Å². The molecule has 0 saturated carbocycles. The van der Waals surface area contributed by atoms with Crippen LogP contribution in [-0.4, -0.2) is 72.3 Å². The Morgan fingerprint density at radius 1 is 1.41 bits per heavy atom. The van der Waals surface area contributed by atoms with Gasteiger partial charge in [-0.15, -0.1) is 24.0 Å². The number of hydrogen-bond donors (Lipinski definition) is 1. The molecule has 0 amide bonds. The standard InChI is InChI=1S/C18H34N6O2.HI/c1-6-23(7-2)12-15-9-10-24(13-15)18(19-5)20-11-16-21-17(22-26-16)14(4)25-8-3;/h14-15H,6-13H2,1-5H3,(H,19,20);1H. The van der Waals surface area contributed by atoms with Gasteiger partial charge in [0.25, 0.3) is 0 Å². The van der Waals surface area contributed by atoms with E-state index in [0.717, 1.165) is 38.7 Å². The smallest absolute Gasteiger partial charge is 0.246 e. The Kier molecular flexibility index (Phi) is 11.2. The Balaban J connectivity index is 0.00000364. The van der Waals surface area contributed by atoms with E-state index in [2.05, 4.69) is 44.1 Å². The second kappa shape index (κ2) is 12.5. The maximum atomic E-state index is 5.49. The SMILES string of the molecule is CCOC(C)c1noc(CNC(=NC)N2CCC(CN(CC)CC)C2)n1.I. The van der Waals surface area contributed by atoms with E-state index in [-0.39, 0.29) is 30.1 Å². The Hall–Kier alpha value is -0.940. The van der Waals surface area contributed by atoms with Gasteiger partial charge in [0.05, 0.1) is 6.54 Å². The molecule has 1 N–H and O–H groups in total. The third-order valence-electron chi connectivity index (χ3n) is 4.87. The van der Waals surface area contributed by atoms with Crippen LogP contribution in [0.2, 0.25) is 0 Å². The Bertz CT molecular complexity index is 564. The molecule has 0 spiro atoms. The highest BCUT2D eigenvalue weighted by Gasteiger charge is 2.26. The van der Waals surface area contributed by atoms with Crippen LogP contribution in [0.15, 0.2) is 9.52 Å². The topological polar surface area (TPSA) is 79.0 Å². The minimum Gasteiger partial charge on any atom is -0.371 e. The molecule has 156 valence electrons. The average Bonchev–Trinajstić information content (AvgIpc) is 3.30. The zero-order valence-corrected chi connectivity index (χ0v) is 19.6. The lowest BCUT2D eigenvalue weighted by Gasteiger charge is -2.24. The lowest BCUT2D eigenvalue weighted by atomic mass is 10.1. The lowest BCUT2D eigenvalue weighted by molar-refractivity contribution is 0.0683. The first kappa shape index (κ1) is 24.1. The zero-order chi connectivity index (χ0) is 18.9. The molecule has 8 nitrogen and oxygen atoms in total. The van der Waals surface area contributed by atoms with Gasteiger partial charge in [-0.05, 0) is 39.3 Å². The van der Waals surface area contributed by atoms with Crippen molar-refractivity contribution in [3.05, 3.63) is 11.7 Å². The van der Waals surface area contributed by atoms with Crippen LogP contribution in [-0.2, 0) is 11.3 Å².